The van der Waals surface area contributed by atoms with Gasteiger partial charge in [0.1, 0.15) is 23.4 Å². The molecule has 0 N–H and O–H groups in total. The summed E-state index contributed by atoms with van der Waals surface area (Å²) in [7, 11) is 1.59. The number of nitrogens with zero attached hydrogens (tertiary/aromatic N) is 2. The minimum absolute atomic E-state index is 0.0946. The van der Waals surface area contributed by atoms with Crippen molar-refractivity contribution in [3.05, 3.63) is 77.0 Å². The van der Waals surface area contributed by atoms with Crippen molar-refractivity contribution < 1.29 is 19.1 Å². The molecule has 1 unspecified atom stereocenters. The van der Waals surface area contributed by atoms with Crippen molar-refractivity contribution in [3.63, 3.8) is 0 Å². The first-order valence-corrected chi connectivity index (χ1v) is 11.3. The molecule has 2 aliphatic rings. The van der Waals surface area contributed by atoms with Crippen molar-refractivity contribution in [2.75, 3.05) is 18.7 Å². The van der Waals surface area contributed by atoms with E-state index in [1.807, 2.05) is 42.5 Å². The Labute approximate surface area is 189 Å². The SMILES string of the molecule is COc1ccc(COC(=O)C2=C(CCl)CS[C@@H]3C(N=Cc4ccccc4)C(=O)N23)cc1. The zero-order chi connectivity index (χ0) is 21.8. The van der Waals surface area contributed by atoms with Gasteiger partial charge in [0.25, 0.3) is 5.91 Å². The van der Waals surface area contributed by atoms with Gasteiger partial charge in [0.15, 0.2) is 6.04 Å². The Morgan fingerprint density at radius 2 is 1.97 bits per heavy atom. The average molecular weight is 457 g/mol. The number of halogens is 1. The quantitative estimate of drug-likeness (QED) is 0.275. The second kappa shape index (κ2) is 9.58. The van der Waals surface area contributed by atoms with Crippen LogP contribution in [0.25, 0.3) is 0 Å². The Kier molecular flexibility index (Phi) is 6.63. The third-order valence-corrected chi connectivity index (χ3v) is 6.73. The molecule has 31 heavy (non-hydrogen) atoms. The van der Waals surface area contributed by atoms with Gasteiger partial charge in [0.2, 0.25) is 0 Å². The molecule has 0 saturated carbocycles. The van der Waals surface area contributed by atoms with Crippen molar-refractivity contribution in [2.24, 2.45) is 4.99 Å². The molecule has 0 bridgehead atoms. The van der Waals surface area contributed by atoms with Crippen LogP contribution in [-0.4, -0.2) is 53.1 Å². The fourth-order valence-electron chi connectivity index (χ4n) is 3.40. The number of amides is 1. The number of hydrogen-bond acceptors (Lipinski definition) is 6. The van der Waals surface area contributed by atoms with Gasteiger partial charge in [-0.2, -0.15) is 0 Å². The van der Waals surface area contributed by atoms with Crippen LogP contribution in [0.2, 0.25) is 0 Å². The molecule has 2 aliphatic heterocycles. The zero-order valence-electron chi connectivity index (χ0n) is 16.9. The predicted octanol–water partition coefficient (Wildman–Crippen LogP) is 3.63. The van der Waals surface area contributed by atoms with Crippen LogP contribution in [0.1, 0.15) is 11.1 Å². The molecule has 0 radical (unpaired) electrons. The lowest BCUT2D eigenvalue weighted by Gasteiger charge is -2.48. The largest absolute Gasteiger partial charge is 0.497 e. The Morgan fingerprint density at radius 1 is 1.23 bits per heavy atom. The number of benzene rings is 2. The second-order valence-electron chi connectivity index (χ2n) is 7.05. The predicted molar refractivity (Wildman–Crippen MR) is 121 cm³/mol. The number of esters is 1. The second-order valence-corrected chi connectivity index (χ2v) is 8.43. The van der Waals surface area contributed by atoms with Crippen LogP contribution in [-0.2, 0) is 20.9 Å². The number of alkyl halides is 1. The maximum Gasteiger partial charge on any atom is 0.355 e. The minimum Gasteiger partial charge on any atom is -0.497 e. The summed E-state index contributed by atoms with van der Waals surface area (Å²) in [6.45, 7) is 0.0946. The van der Waals surface area contributed by atoms with Gasteiger partial charge in [-0.3, -0.25) is 14.7 Å². The van der Waals surface area contributed by atoms with E-state index in [2.05, 4.69) is 4.99 Å². The topological polar surface area (TPSA) is 68.2 Å². The van der Waals surface area contributed by atoms with Crippen LogP contribution in [0.4, 0.5) is 0 Å². The number of carbonyl (C=O) groups is 2. The van der Waals surface area contributed by atoms with Crippen LogP contribution in [0.15, 0.2) is 70.9 Å². The van der Waals surface area contributed by atoms with Crippen molar-refractivity contribution in [1.29, 1.82) is 0 Å². The Hall–Kier alpha value is -2.77. The van der Waals surface area contributed by atoms with E-state index in [0.717, 1.165) is 16.9 Å². The number of fused-ring (bicyclic) bond motifs is 1. The molecule has 0 aromatic heterocycles. The smallest absolute Gasteiger partial charge is 0.355 e. The summed E-state index contributed by atoms with van der Waals surface area (Å²) in [6.07, 6.45) is 1.70. The van der Waals surface area contributed by atoms with Gasteiger partial charge in [-0.05, 0) is 28.8 Å². The van der Waals surface area contributed by atoms with Crippen molar-refractivity contribution >= 4 is 41.5 Å². The molecule has 1 amide bonds. The highest BCUT2D eigenvalue weighted by molar-refractivity contribution is 8.00. The van der Waals surface area contributed by atoms with Crippen LogP contribution < -0.4 is 4.74 Å². The number of rotatable bonds is 7. The maximum absolute atomic E-state index is 12.9. The monoisotopic (exact) mass is 456 g/mol. The lowest BCUT2D eigenvalue weighted by atomic mass is 10.0. The molecule has 160 valence electrons. The molecule has 2 heterocycles. The summed E-state index contributed by atoms with van der Waals surface area (Å²) < 4.78 is 10.6. The zero-order valence-corrected chi connectivity index (χ0v) is 18.4. The summed E-state index contributed by atoms with van der Waals surface area (Å²) in [5, 5.41) is -0.233. The van der Waals surface area contributed by atoms with E-state index in [4.69, 9.17) is 21.1 Å². The molecular formula is C23H21ClN2O4S. The summed E-state index contributed by atoms with van der Waals surface area (Å²) in [5.41, 5.74) is 2.69. The van der Waals surface area contributed by atoms with E-state index in [9.17, 15) is 9.59 Å². The number of aliphatic imine (C=N–C) groups is 1. The molecule has 1 fully saturated rings. The van der Waals surface area contributed by atoms with Crippen LogP contribution >= 0.6 is 23.4 Å². The van der Waals surface area contributed by atoms with E-state index in [0.29, 0.717) is 11.3 Å². The van der Waals surface area contributed by atoms with Gasteiger partial charge in [-0.25, -0.2) is 4.79 Å². The van der Waals surface area contributed by atoms with E-state index in [-0.39, 0.29) is 29.5 Å². The minimum atomic E-state index is -0.546. The van der Waals surface area contributed by atoms with Gasteiger partial charge in [-0.15, -0.1) is 23.4 Å². The first-order chi connectivity index (χ1) is 15.1. The van der Waals surface area contributed by atoms with Gasteiger partial charge in [0.05, 0.1) is 7.11 Å². The lowest BCUT2D eigenvalue weighted by molar-refractivity contribution is -0.151. The number of thioether (sulfide) groups is 1. The molecular weight excluding hydrogens is 436 g/mol. The summed E-state index contributed by atoms with van der Waals surface area (Å²) in [5.74, 6) is 0.679. The number of methoxy groups -OCH3 is 1. The summed E-state index contributed by atoms with van der Waals surface area (Å²) in [4.78, 5) is 31.7. The van der Waals surface area contributed by atoms with Crippen LogP contribution in [0, 0.1) is 0 Å². The number of ether oxygens (including phenoxy) is 2. The van der Waals surface area contributed by atoms with E-state index < -0.39 is 12.0 Å². The molecule has 2 aromatic rings. The van der Waals surface area contributed by atoms with Crippen molar-refractivity contribution in [2.45, 2.75) is 18.0 Å². The average Bonchev–Trinajstić information content (AvgIpc) is 2.82. The van der Waals surface area contributed by atoms with E-state index >= 15 is 0 Å². The highest BCUT2D eigenvalue weighted by atomic mass is 35.5. The van der Waals surface area contributed by atoms with E-state index in [1.54, 1.807) is 37.2 Å². The van der Waals surface area contributed by atoms with Crippen LogP contribution in [0.3, 0.4) is 0 Å². The molecule has 0 aliphatic carbocycles. The molecule has 8 heteroatoms. The molecule has 1 saturated heterocycles. The number of β-lactam (4-membered cyclic amide) rings is 1. The van der Waals surface area contributed by atoms with Crippen molar-refractivity contribution in [1.82, 2.24) is 4.90 Å². The lowest BCUT2D eigenvalue weighted by Crippen LogP contribution is -2.64. The van der Waals surface area contributed by atoms with E-state index in [1.165, 1.54) is 4.90 Å². The Balaban J connectivity index is 1.46. The maximum atomic E-state index is 12.9. The van der Waals surface area contributed by atoms with Gasteiger partial charge in [-0.1, -0.05) is 42.5 Å². The first-order valence-electron chi connectivity index (χ1n) is 9.73. The van der Waals surface area contributed by atoms with Gasteiger partial charge >= 0.3 is 5.97 Å². The molecule has 4 rings (SSSR count). The summed E-state index contributed by atoms with van der Waals surface area (Å²) in [6, 6.07) is 16.3. The molecule has 6 nitrogen and oxygen atoms in total. The fourth-order valence-corrected chi connectivity index (χ4v) is 5.07. The van der Waals surface area contributed by atoms with Crippen molar-refractivity contribution in [3.8, 4) is 5.75 Å². The standard InChI is InChI=1S/C23H21ClN2O4S/c1-29-18-9-7-16(8-10-18)13-30-23(28)20-17(11-24)14-31-22-19(21(27)26(20)22)25-12-15-5-3-2-4-6-15/h2-10,12,19,22H,11,13-14H2,1H3/t19?,22-/m1/s1. The third-order valence-electron chi connectivity index (χ3n) is 5.09. The highest BCUT2D eigenvalue weighted by Gasteiger charge is 2.53. The van der Waals surface area contributed by atoms with Gasteiger partial charge in [0, 0.05) is 17.8 Å². The first kappa shape index (κ1) is 21.5. The Morgan fingerprint density at radius 3 is 2.65 bits per heavy atom. The van der Waals surface area contributed by atoms with Crippen LogP contribution in [0.5, 0.6) is 5.75 Å². The fraction of sp³-hybridized carbons (Fsp3) is 0.261. The molecule has 2 aromatic carbocycles. The number of hydrogen-bond donors (Lipinski definition) is 0. The normalized spacial score (nSPS) is 20.5. The molecule has 0 spiro atoms. The number of carbonyl (C=O) groups excluding carboxylic acids is 2. The molecule has 2 atom stereocenters. The third kappa shape index (κ3) is 4.48. The Bertz CT molecular complexity index is 1020. The summed E-state index contributed by atoms with van der Waals surface area (Å²) >= 11 is 7.63. The van der Waals surface area contributed by atoms with Gasteiger partial charge < -0.3 is 9.47 Å². The highest BCUT2D eigenvalue weighted by Crippen LogP contribution is 2.42.